The standard InChI is InChI=1S/C14H19N3O3/c1-20-14(19)13-10(4-2-5-11(13)15)8-17-7-3-6-16-12(18)9-17/h2,4-5H,3,6-9,15H2,1H3,(H,16,18). The van der Waals surface area contributed by atoms with Crippen LogP contribution in [0.25, 0.3) is 0 Å². The molecule has 3 N–H and O–H groups in total. The number of hydrogen-bond acceptors (Lipinski definition) is 5. The van der Waals surface area contributed by atoms with Crippen LogP contribution in [-0.2, 0) is 16.1 Å². The molecule has 1 fully saturated rings. The molecule has 0 radical (unpaired) electrons. The number of nitrogens with two attached hydrogens (primary N) is 1. The van der Waals surface area contributed by atoms with E-state index in [9.17, 15) is 9.59 Å². The first kappa shape index (κ1) is 14.3. The van der Waals surface area contributed by atoms with E-state index in [1.54, 1.807) is 12.1 Å². The second-order valence-electron chi connectivity index (χ2n) is 4.79. The number of hydrogen-bond donors (Lipinski definition) is 2. The Hall–Kier alpha value is -2.08. The summed E-state index contributed by atoms with van der Waals surface area (Å²) in [5, 5.41) is 2.82. The SMILES string of the molecule is COC(=O)c1c(N)cccc1CN1CCCNC(=O)C1. The van der Waals surface area contributed by atoms with Crippen LogP contribution < -0.4 is 11.1 Å². The summed E-state index contributed by atoms with van der Waals surface area (Å²) in [6, 6.07) is 5.31. The molecular formula is C14H19N3O3. The minimum Gasteiger partial charge on any atom is -0.465 e. The van der Waals surface area contributed by atoms with E-state index in [0.29, 0.717) is 30.9 Å². The molecule has 6 nitrogen and oxygen atoms in total. The van der Waals surface area contributed by atoms with Gasteiger partial charge in [-0.05, 0) is 18.1 Å². The highest BCUT2D eigenvalue weighted by Crippen LogP contribution is 2.20. The van der Waals surface area contributed by atoms with Crippen molar-refractivity contribution >= 4 is 17.6 Å². The van der Waals surface area contributed by atoms with Gasteiger partial charge in [0.25, 0.3) is 0 Å². The number of nitrogen functional groups attached to an aromatic ring is 1. The smallest absolute Gasteiger partial charge is 0.340 e. The summed E-state index contributed by atoms with van der Waals surface area (Å²) >= 11 is 0. The first-order chi connectivity index (χ1) is 9.61. The van der Waals surface area contributed by atoms with Crippen LogP contribution in [0.1, 0.15) is 22.3 Å². The van der Waals surface area contributed by atoms with Gasteiger partial charge in [0.2, 0.25) is 5.91 Å². The van der Waals surface area contributed by atoms with Gasteiger partial charge in [0.05, 0.1) is 19.2 Å². The van der Waals surface area contributed by atoms with E-state index in [4.69, 9.17) is 10.5 Å². The van der Waals surface area contributed by atoms with E-state index in [-0.39, 0.29) is 5.91 Å². The van der Waals surface area contributed by atoms with Crippen molar-refractivity contribution in [1.29, 1.82) is 0 Å². The molecule has 108 valence electrons. The van der Waals surface area contributed by atoms with Crippen LogP contribution in [0.3, 0.4) is 0 Å². The van der Waals surface area contributed by atoms with Crippen LogP contribution in [-0.4, -0.2) is 43.5 Å². The Morgan fingerprint density at radius 1 is 1.50 bits per heavy atom. The first-order valence-electron chi connectivity index (χ1n) is 6.56. The number of ether oxygens (including phenoxy) is 1. The summed E-state index contributed by atoms with van der Waals surface area (Å²) in [7, 11) is 1.33. The molecule has 1 aliphatic heterocycles. The second-order valence-corrected chi connectivity index (χ2v) is 4.79. The highest BCUT2D eigenvalue weighted by molar-refractivity contribution is 5.96. The van der Waals surface area contributed by atoms with Gasteiger partial charge in [0.15, 0.2) is 0 Å². The summed E-state index contributed by atoms with van der Waals surface area (Å²) in [6.07, 6.45) is 0.890. The van der Waals surface area contributed by atoms with Crippen LogP contribution in [0, 0.1) is 0 Å². The third kappa shape index (κ3) is 3.27. The molecule has 1 heterocycles. The Bertz CT molecular complexity index is 516. The number of methoxy groups -OCH3 is 1. The van der Waals surface area contributed by atoms with Crippen molar-refractivity contribution in [2.75, 3.05) is 32.5 Å². The number of anilines is 1. The molecule has 0 aromatic heterocycles. The maximum Gasteiger partial charge on any atom is 0.340 e. The maximum absolute atomic E-state index is 11.8. The zero-order chi connectivity index (χ0) is 14.5. The van der Waals surface area contributed by atoms with Crippen LogP contribution in [0.15, 0.2) is 18.2 Å². The van der Waals surface area contributed by atoms with E-state index in [1.807, 2.05) is 11.0 Å². The van der Waals surface area contributed by atoms with Gasteiger partial charge in [-0.1, -0.05) is 12.1 Å². The topological polar surface area (TPSA) is 84.7 Å². The Morgan fingerprint density at radius 3 is 3.05 bits per heavy atom. The van der Waals surface area contributed by atoms with Crippen molar-refractivity contribution in [1.82, 2.24) is 10.2 Å². The Kier molecular flexibility index (Phi) is 4.57. The molecule has 20 heavy (non-hydrogen) atoms. The second kappa shape index (κ2) is 6.38. The van der Waals surface area contributed by atoms with E-state index >= 15 is 0 Å². The summed E-state index contributed by atoms with van der Waals surface area (Å²) in [4.78, 5) is 25.4. The lowest BCUT2D eigenvalue weighted by Gasteiger charge is -2.20. The lowest BCUT2D eigenvalue weighted by molar-refractivity contribution is -0.121. The summed E-state index contributed by atoms with van der Waals surface area (Å²) in [5.41, 5.74) is 7.43. The van der Waals surface area contributed by atoms with Crippen molar-refractivity contribution in [3.63, 3.8) is 0 Å². The molecule has 0 bridgehead atoms. The molecule has 1 saturated heterocycles. The highest BCUT2D eigenvalue weighted by Gasteiger charge is 2.20. The van der Waals surface area contributed by atoms with Gasteiger partial charge in [0, 0.05) is 25.3 Å². The predicted octanol–water partition coefficient (Wildman–Crippen LogP) is 0.377. The molecule has 2 rings (SSSR count). The lowest BCUT2D eigenvalue weighted by atomic mass is 10.0. The van der Waals surface area contributed by atoms with Crippen molar-refractivity contribution in [3.05, 3.63) is 29.3 Å². The summed E-state index contributed by atoms with van der Waals surface area (Å²) in [5.74, 6) is -0.441. The third-order valence-electron chi connectivity index (χ3n) is 3.31. The fourth-order valence-corrected chi connectivity index (χ4v) is 2.35. The van der Waals surface area contributed by atoms with Gasteiger partial charge in [-0.25, -0.2) is 4.79 Å². The monoisotopic (exact) mass is 277 g/mol. The predicted molar refractivity (Wildman–Crippen MR) is 75.1 cm³/mol. The first-order valence-corrected chi connectivity index (χ1v) is 6.56. The largest absolute Gasteiger partial charge is 0.465 e. The van der Waals surface area contributed by atoms with Gasteiger partial charge in [-0.15, -0.1) is 0 Å². The number of amides is 1. The number of benzene rings is 1. The number of carbonyl (C=O) groups excluding carboxylic acids is 2. The Morgan fingerprint density at radius 2 is 2.30 bits per heavy atom. The number of nitrogens with zero attached hydrogens (tertiary/aromatic N) is 1. The zero-order valence-electron chi connectivity index (χ0n) is 11.5. The lowest BCUT2D eigenvalue weighted by Crippen LogP contribution is -2.33. The van der Waals surface area contributed by atoms with E-state index < -0.39 is 5.97 Å². The molecule has 6 heteroatoms. The van der Waals surface area contributed by atoms with Crippen LogP contribution in [0.2, 0.25) is 0 Å². The minimum atomic E-state index is -0.447. The summed E-state index contributed by atoms with van der Waals surface area (Å²) in [6.45, 7) is 2.32. The highest BCUT2D eigenvalue weighted by atomic mass is 16.5. The average Bonchev–Trinajstić information content (AvgIpc) is 2.62. The molecule has 0 aliphatic carbocycles. The quantitative estimate of drug-likeness (QED) is 0.616. The number of carbonyl (C=O) groups is 2. The maximum atomic E-state index is 11.8. The molecule has 0 saturated carbocycles. The van der Waals surface area contributed by atoms with Crippen molar-refractivity contribution in [2.24, 2.45) is 0 Å². The zero-order valence-corrected chi connectivity index (χ0v) is 11.5. The van der Waals surface area contributed by atoms with Crippen LogP contribution >= 0.6 is 0 Å². The van der Waals surface area contributed by atoms with Crippen molar-refractivity contribution in [2.45, 2.75) is 13.0 Å². The van der Waals surface area contributed by atoms with E-state index in [2.05, 4.69) is 5.32 Å². The molecule has 0 atom stereocenters. The number of esters is 1. The fourth-order valence-electron chi connectivity index (χ4n) is 2.35. The van der Waals surface area contributed by atoms with Crippen LogP contribution in [0.5, 0.6) is 0 Å². The average molecular weight is 277 g/mol. The van der Waals surface area contributed by atoms with E-state index in [0.717, 1.165) is 18.5 Å². The summed E-state index contributed by atoms with van der Waals surface area (Å²) < 4.78 is 4.78. The van der Waals surface area contributed by atoms with Gasteiger partial charge in [-0.2, -0.15) is 0 Å². The molecule has 0 spiro atoms. The Labute approximate surface area is 117 Å². The molecule has 1 aromatic carbocycles. The number of nitrogens with one attached hydrogen (secondary N) is 1. The van der Waals surface area contributed by atoms with Gasteiger partial charge in [0.1, 0.15) is 0 Å². The molecule has 1 aliphatic rings. The van der Waals surface area contributed by atoms with Crippen molar-refractivity contribution in [3.8, 4) is 0 Å². The molecule has 1 amide bonds. The molecule has 1 aromatic rings. The van der Waals surface area contributed by atoms with Gasteiger partial charge >= 0.3 is 5.97 Å². The molecule has 0 unspecified atom stereocenters. The molecular weight excluding hydrogens is 258 g/mol. The number of rotatable bonds is 3. The Balaban J connectivity index is 2.22. The van der Waals surface area contributed by atoms with Gasteiger partial charge < -0.3 is 15.8 Å². The van der Waals surface area contributed by atoms with E-state index in [1.165, 1.54) is 7.11 Å². The van der Waals surface area contributed by atoms with Gasteiger partial charge in [-0.3, -0.25) is 9.69 Å². The third-order valence-corrected chi connectivity index (χ3v) is 3.31. The minimum absolute atomic E-state index is 0.00558. The normalized spacial score (nSPS) is 16.4. The van der Waals surface area contributed by atoms with Crippen molar-refractivity contribution < 1.29 is 14.3 Å². The van der Waals surface area contributed by atoms with Crippen LogP contribution in [0.4, 0.5) is 5.69 Å². The fraction of sp³-hybridized carbons (Fsp3) is 0.429.